The van der Waals surface area contributed by atoms with Crippen LogP contribution in [0.4, 0.5) is 5.69 Å². The van der Waals surface area contributed by atoms with Gasteiger partial charge in [-0.05, 0) is 39.8 Å². The van der Waals surface area contributed by atoms with E-state index in [2.05, 4.69) is 15.7 Å². The normalized spacial score (nSPS) is 17.7. The largest absolute Gasteiger partial charge is 0.322 e. The maximum absolute atomic E-state index is 12.1. The van der Waals surface area contributed by atoms with Crippen LogP contribution in [-0.4, -0.2) is 48.2 Å². The smallest absolute Gasteiger partial charge is 0.245 e. The number of sulfone groups is 1. The molecule has 2 N–H and O–H groups in total. The Morgan fingerprint density at radius 1 is 1.43 bits per heavy atom. The van der Waals surface area contributed by atoms with E-state index in [0.717, 1.165) is 32.2 Å². The van der Waals surface area contributed by atoms with Gasteiger partial charge >= 0.3 is 0 Å². The first-order valence-corrected chi connectivity index (χ1v) is 8.87. The molecule has 2 rings (SSSR count). The maximum atomic E-state index is 12.1. The van der Waals surface area contributed by atoms with Crippen LogP contribution in [0.3, 0.4) is 0 Å². The molecule has 118 valence electrons. The lowest BCUT2D eigenvalue weighted by molar-refractivity contribution is -0.117. The van der Waals surface area contributed by atoms with Crippen molar-refractivity contribution in [3.8, 4) is 0 Å². The third kappa shape index (κ3) is 3.44. The highest BCUT2D eigenvalue weighted by molar-refractivity contribution is 7.92. The van der Waals surface area contributed by atoms with E-state index in [1.807, 2.05) is 4.68 Å². The van der Waals surface area contributed by atoms with E-state index < -0.39 is 20.5 Å². The molecule has 1 aliphatic heterocycles. The average molecular weight is 314 g/mol. The van der Waals surface area contributed by atoms with Crippen molar-refractivity contribution in [2.24, 2.45) is 0 Å². The summed E-state index contributed by atoms with van der Waals surface area (Å²) in [6.07, 6.45) is 6.35. The number of hydrogen-bond donors (Lipinski definition) is 2. The van der Waals surface area contributed by atoms with Gasteiger partial charge in [-0.2, -0.15) is 5.10 Å². The van der Waals surface area contributed by atoms with Gasteiger partial charge in [0.25, 0.3) is 0 Å². The fourth-order valence-electron chi connectivity index (χ4n) is 2.12. The molecule has 7 nitrogen and oxygen atoms in total. The van der Waals surface area contributed by atoms with Crippen molar-refractivity contribution in [2.75, 3.05) is 24.7 Å². The first kappa shape index (κ1) is 16.0. The van der Waals surface area contributed by atoms with Crippen molar-refractivity contribution in [1.82, 2.24) is 15.1 Å². The number of carbonyl (C=O) groups is 1. The second-order valence-corrected chi connectivity index (χ2v) is 8.49. The van der Waals surface area contributed by atoms with Crippen molar-refractivity contribution in [3.63, 3.8) is 0 Å². The van der Waals surface area contributed by atoms with Gasteiger partial charge in [0.2, 0.25) is 5.91 Å². The van der Waals surface area contributed by atoms with Crippen LogP contribution in [0.15, 0.2) is 12.4 Å². The third-order valence-electron chi connectivity index (χ3n) is 4.02. The number of aromatic nitrogens is 2. The van der Waals surface area contributed by atoms with Crippen LogP contribution < -0.4 is 10.6 Å². The predicted molar refractivity (Wildman–Crippen MR) is 80.9 cm³/mol. The molecule has 0 aromatic carbocycles. The van der Waals surface area contributed by atoms with E-state index in [1.54, 1.807) is 12.4 Å². The lowest BCUT2D eigenvalue weighted by Gasteiger charge is -2.23. The van der Waals surface area contributed by atoms with Crippen LogP contribution in [-0.2, 0) is 14.6 Å². The van der Waals surface area contributed by atoms with Crippen LogP contribution >= 0.6 is 0 Å². The van der Waals surface area contributed by atoms with Gasteiger partial charge in [0.05, 0.1) is 17.9 Å². The van der Waals surface area contributed by atoms with E-state index in [0.29, 0.717) is 11.7 Å². The minimum absolute atomic E-state index is 0.319. The molecular weight excluding hydrogens is 292 g/mol. The summed E-state index contributed by atoms with van der Waals surface area (Å²) in [7, 11) is -3.48. The van der Waals surface area contributed by atoms with Crippen molar-refractivity contribution >= 4 is 21.4 Å². The quantitative estimate of drug-likeness (QED) is 0.847. The van der Waals surface area contributed by atoms with Gasteiger partial charge in [0.1, 0.15) is 4.75 Å². The summed E-state index contributed by atoms with van der Waals surface area (Å²) < 4.78 is 23.7. The maximum Gasteiger partial charge on any atom is 0.245 e. The molecule has 0 unspecified atom stereocenters. The summed E-state index contributed by atoms with van der Waals surface area (Å²) in [5.41, 5.74) is 0.523. The minimum Gasteiger partial charge on any atom is -0.322 e. The van der Waals surface area contributed by atoms with Gasteiger partial charge in [0, 0.05) is 12.5 Å². The summed E-state index contributed by atoms with van der Waals surface area (Å²) in [6, 6.07) is 0.319. The molecule has 0 saturated carbocycles. The second-order valence-electron chi connectivity index (χ2n) is 5.93. The minimum atomic E-state index is -3.48. The van der Waals surface area contributed by atoms with Gasteiger partial charge in [-0.25, -0.2) is 8.42 Å². The summed E-state index contributed by atoms with van der Waals surface area (Å²) in [6.45, 7) is 4.70. The van der Waals surface area contributed by atoms with Gasteiger partial charge < -0.3 is 10.6 Å². The predicted octanol–water partition coefficient (Wildman–Crippen LogP) is 0.569. The number of amides is 1. The molecule has 0 radical (unpaired) electrons. The highest BCUT2D eigenvalue weighted by atomic mass is 32.2. The molecule has 0 atom stereocenters. The third-order valence-corrected chi connectivity index (χ3v) is 6.06. The fourth-order valence-corrected chi connectivity index (χ4v) is 2.51. The first-order valence-electron chi connectivity index (χ1n) is 6.98. The summed E-state index contributed by atoms with van der Waals surface area (Å²) in [4.78, 5) is 12.1. The zero-order valence-corrected chi connectivity index (χ0v) is 13.4. The molecule has 21 heavy (non-hydrogen) atoms. The van der Waals surface area contributed by atoms with Crippen LogP contribution in [0.5, 0.6) is 0 Å². The van der Waals surface area contributed by atoms with Gasteiger partial charge in [-0.1, -0.05) is 0 Å². The lowest BCUT2D eigenvalue weighted by Crippen LogP contribution is -2.43. The standard InChI is InChI=1S/C13H22N4O3S/c1-13(2,21(3,19)20)12(18)16-10-8-15-17(9-10)11-4-6-14-7-5-11/h8-9,11,14H,4-7H2,1-3H3,(H,16,18). The monoisotopic (exact) mass is 314 g/mol. The van der Waals surface area contributed by atoms with Crippen molar-refractivity contribution < 1.29 is 13.2 Å². The SMILES string of the molecule is CC(C)(C(=O)Nc1cnn(C2CCNCC2)c1)S(C)(=O)=O. The van der Waals surface area contributed by atoms with Gasteiger partial charge in [-0.15, -0.1) is 0 Å². The fraction of sp³-hybridized carbons (Fsp3) is 0.692. The number of piperidine rings is 1. The number of anilines is 1. The number of nitrogens with one attached hydrogen (secondary N) is 2. The number of rotatable bonds is 4. The van der Waals surface area contributed by atoms with E-state index in [4.69, 9.17) is 0 Å². The Bertz CT molecular complexity index is 615. The molecule has 1 aromatic rings. The van der Waals surface area contributed by atoms with E-state index in [9.17, 15) is 13.2 Å². The van der Waals surface area contributed by atoms with Gasteiger partial charge in [-0.3, -0.25) is 9.48 Å². The Kier molecular flexibility index (Phi) is 4.38. The zero-order chi connectivity index (χ0) is 15.7. The number of hydrogen-bond acceptors (Lipinski definition) is 5. The summed E-state index contributed by atoms with van der Waals surface area (Å²) >= 11 is 0. The second kappa shape index (κ2) is 5.76. The Hall–Kier alpha value is -1.41. The Labute approximate surface area is 125 Å². The molecule has 0 aliphatic carbocycles. The molecular formula is C13H22N4O3S. The van der Waals surface area contributed by atoms with Crippen molar-refractivity contribution in [1.29, 1.82) is 0 Å². The topological polar surface area (TPSA) is 93.1 Å². The molecule has 1 amide bonds. The Balaban J connectivity index is 2.07. The molecule has 0 spiro atoms. The number of nitrogens with zero attached hydrogens (tertiary/aromatic N) is 2. The highest BCUT2D eigenvalue weighted by Crippen LogP contribution is 2.21. The van der Waals surface area contributed by atoms with Crippen molar-refractivity contribution in [2.45, 2.75) is 37.5 Å². The van der Waals surface area contributed by atoms with E-state index >= 15 is 0 Å². The van der Waals surface area contributed by atoms with E-state index in [1.165, 1.54) is 13.8 Å². The highest BCUT2D eigenvalue weighted by Gasteiger charge is 2.38. The van der Waals surface area contributed by atoms with Crippen LogP contribution in [0.25, 0.3) is 0 Å². The number of carbonyl (C=O) groups excluding carboxylic acids is 1. The lowest BCUT2D eigenvalue weighted by atomic mass is 10.1. The van der Waals surface area contributed by atoms with E-state index in [-0.39, 0.29) is 0 Å². The van der Waals surface area contributed by atoms with Crippen molar-refractivity contribution in [3.05, 3.63) is 12.4 Å². The molecule has 2 heterocycles. The molecule has 1 aromatic heterocycles. The molecule has 0 bridgehead atoms. The Morgan fingerprint density at radius 3 is 2.62 bits per heavy atom. The molecule has 1 aliphatic rings. The van der Waals surface area contributed by atoms with Crippen LogP contribution in [0.1, 0.15) is 32.7 Å². The first-order chi connectivity index (χ1) is 9.72. The molecule has 1 saturated heterocycles. The molecule has 1 fully saturated rings. The Morgan fingerprint density at radius 2 is 2.05 bits per heavy atom. The van der Waals surface area contributed by atoms with Gasteiger partial charge in [0.15, 0.2) is 9.84 Å². The summed E-state index contributed by atoms with van der Waals surface area (Å²) in [5.74, 6) is -0.546. The average Bonchev–Trinajstić information content (AvgIpc) is 2.87. The molecule has 8 heteroatoms. The zero-order valence-electron chi connectivity index (χ0n) is 12.6. The van der Waals surface area contributed by atoms with Crippen LogP contribution in [0, 0.1) is 0 Å². The summed E-state index contributed by atoms with van der Waals surface area (Å²) in [5, 5.41) is 10.2. The van der Waals surface area contributed by atoms with Crippen LogP contribution in [0.2, 0.25) is 0 Å².